The van der Waals surface area contributed by atoms with Crippen molar-refractivity contribution in [2.75, 3.05) is 37.3 Å². The van der Waals surface area contributed by atoms with Crippen molar-refractivity contribution in [3.05, 3.63) is 59.4 Å². The van der Waals surface area contributed by atoms with E-state index in [0.717, 1.165) is 6.26 Å². The molecule has 8 heteroatoms. The van der Waals surface area contributed by atoms with E-state index >= 15 is 0 Å². The number of ketones is 1. The first kappa shape index (κ1) is 20.0. The Kier molecular flexibility index (Phi) is 5.51. The zero-order chi connectivity index (χ0) is 20.5. The van der Waals surface area contributed by atoms with Crippen LogP contribution in [0.25, 0.3) is 0 Å². The van der Waals surface area contributed by atoms with Crippen molar-refractivity contribution in [3.63, 3.8) is 0 Å². The molecule has 3 rings (SSSR count). The molecule has 1 amide bonds. The Morgan fingerprint density at radius 1 is 0.964 bits per heavy atom. The zero-order valence-corrected chi connectivity index (χ0v) is 16.5. The summed E-state index contributed by atoms with van der Waals surface area (Å²) in [5.41, 5.74) is 1.03. The van der Waals surface area contributed by atoms with Gasteiger partial charge in [0.25, 0.3) is 5.91 Å². The topological polar surface area (TPSA) is 74.8 Å². The van der Waals surface area contributed by atoms with Crippen LogP contribution in [-0.4, -0.2) is 57.4 Å². The average Bonchev–Trinajstić information content (AvgIpc) is 2.67. The number of amides is 1. The van der Waals surface area contributed by atoms with Crippen LogP contribution in [0.5, 0.6) is 0 Å². The van der Waals surface area contributed by atoms with Gasteiger partial charge in [0.15, 0.2) is 15.6 Å². The summed E-state index contributed by atoms with van der Waals surface area (Å²) >= 11 is 0. The van der Waals surface area contributed by atoms with Crippen LogP contribution in [0.2, 0.25) is 0 Å². The molecule has 28 heavy (non-hydrogen) atoms. The van der Waals surface area contributed by atoms with E-state index in [2.05, 4.69) is 0 Å². The Labute approximate surface area is 163 Å². The number of hydrogen-bond acceptors (Lipinski definition) is 5. The van der Waals surface area contributed by atoms with Gasteiger partial charge in [0.2, 0.25) is 0 Å². The van der Waals surface area contributed by atoms with E-state index in [1.54, 1.807) is 29.2 Å². The molecule has 1 fully saturated rings. The summed E-state index contributed by atoms with van der Waals surface area (Å²) < 4.78 is 37.7. The normalized spacial score (nSPS) is 14.8. The van der Waals surface area contributed by atoms with E-state index in [-0.39, 0.29) is 16.6 Å². The van der Waals surface area contributed by atoms with E-state index in [1.807, 2.05) is 4.90 Å². The van der Waals surface area contributed by atoms with Crippen molar-refractivity contribution >= 4 is 27.2 Å². The van der Waals surface area contributed by atoms with Gasteiger partial charge in [-0.1, -0.05) is 6.07 Å². The fraction of sp³-hybridized carbons (Fsp3) is 0.300. The lowest BCUT2D eigenvalue weighted by Crippen LogP contribution is -2.49. The van der Waals surface area contributed by atoms with Crippen molar-refractivity contribution in [2.45, 2.75) is 11.8 Å². The van der Waals surface area contributed by atoms with Crippen molar-refractivity contribution in [1.29, 1.82) is 0 Å². The lowest BCUT2D eigenvalue weighted by molar-refractivity contribution is 0.0746. The highest BCUT2D eigenvalue weighted by atomic mass is 32.2. The number of halogens is 1. The molecule has 2 aromatic carbocycles. The molecule has 1 heterocycles. The minimum absolute atomic E-state index is 0.101. The zero-order valence-electron chi connectivity index (χ0n) is 15.7. The highest BCUT2D eigenvalue weighted by Crippen LogP contribution is 2.23. The quantitative estimate of drug-likeness (QED) is 0.732. The molecule has 0 radical (unpaired) electrons. The number of piperazine rings is 1. The molecule has 0 bridgehead atoms. The van der Waals surface area contributed by atoms with Crippen LogP contribution in [0, 0.1) is 5.82 Å². The van der Waals surface area contributed by atoms with E-state index in [9.17, 15) is 22.4 Å². The standard InChI is InChI=1S/C20H21FN2O4S/c1-14(24)15-6-7-19(18(21)13-15)22-8-10-23(11-9-22)20(25)16-4-3-5-17(12-16)28(2,26)27/h3-7,12-13H,8-11H2,1-2H3. The summed E-state index contributed by atoms with van der Waals surface area (Å²) in [5, 5.41) is 0. The summed E-state index contributed by atoms with van der Waals surface area (Å²) in [6, 6.07) is 10.4. The maximum atomic E-state index is 14.3. The van der Waals surface area contributed by atoms with Crippen molar-refractivity contribution in [2.24, 2.45) is 0 Å². The van der Waals surface area contributed by atoms with E-state index in [1.165, 1.54) is 25.1 Å². The SMILES string of the molecule is CC(=O)c1ccc(N2CCN(C(=O)c3cccc(S(C)(=O)=O)c3)CC2)c(F)c1. The third-order valence-corrected chi connectivity index (χ3v) is 5.88. The van der Waals surface area contributed by atoms with Gasteiger partial charge in [-0.2, -0.15) is 0 Å². The number of carbonyl (C=O) groups is 2. The number of nitrogens with zero attached hydrogens (tertiary/aromatic N) is 2. The van der Waals surface area contributed by atoms with Gasteiger partial charge in [-0.3, -0.25) is 9.59 Å². The predicted molar refractivity (Wildman–Crippen MR) is 104 cm³/mol. The van der Waals surface area contributed by atoms with Gasteiger partial charge in [0, 0.05) is 43.6 Å². The molecule has 0 unspecified atom stereocenters. The largest absolute Gasteiger partial charge is 0.366 e. The molecule has 0 aliphatic carbocycles. The van der Waals surface area contributed by atoms with Crippen LogP contribution in [0.1, 0.15) is 27.6 Å². The van der Waals surface area contributed by atoms with Gasteiger partial charge < -0.3 is 9.80 Å². The molecule has 0 aromatic heterocycles. The molecule has 148 valence electrons. The fourth-order valence-corrected chi connectivity index (χ4v) is 3.84. The summed E-state index contributed by atoms with van der Waals surface area (Å²) in [7, 11) is -3.39. The number of Topliss-reactive ketones (excluding diaryl/α,β-unsaturated/α-hetero) is 1. The molecule has 1 saturated heterocycles. The Morgan fingerprint density at radius 2 is 1.64 bits per heavy atom. The first-order valence-corrected chi connectivity index (χ1v) is 10.7. The van der Waals surface area contributed by atoms with Gasteiger partial charge in [-0.05, 0) is 43.3 Å². The second-order valence-corrected chi connectivity index (χ2v) is 8.82. The summed E-state index contributed by atoms with van der Waals surface area (Å²) in [6.45, 7) is 3.03. The smallest absolute Gasteiger partial charge is 0.254 e. The third-order valence-electron chi connectivity index (χ3n) is 4.77. The Balaban J connectivity index is 1.70. The van der Waals surface area contributed by atoms with Crippen molar-refractivity contribution < 1.29 is 22.4 Å². The third kappa shape index (κ3) is 4.22. The number of rotatable bonds is 4. The fourth-order valence-electron chi connectivity index (χ4n) is 3.18. The number of carbonyl (C=O) groups excluding carboxylic acids is 2. The average molecular weight is 404 g/mol. The molecule has 6 nitrogen and oxygen atoms in total. The van der Waals surface area contributed by atoms with Crippen LogP contribution < -0.4 is 4.90 Å². The maximum Gasteiger partial charge on any atom is 0.254 e. The highest BCUT2D eigenvalue weighted by molar-refractivity contribution is 7.90. The maximum absolute atomic E-state index is 14.3. The van der Waals surface area contributed by atoms with E-state index in [4.69, 9.17) is 0 Å². The molecule has 0 N–H and O–H groups in total. The summed E-state index contributed by atoms with van der Waals surface area (Å²) in [5.74, 6) is -0.914. The van der Waals surface area contributed by atoms with Gasteiger partial charge in [0.1, 0.15) is 5.82 Å². The van der Waals surface area contributed by atoms with Crippen LogP contribution in [0.4, 0.5) is 10.1 Å². The van der Waals surface area contributed by atoms with Crippen LogP contribution in [0.3, 0.4) is 0 Å². The number of anilines is 1. The van der Waals surface area contributed by atoms with E-state index < -0.39 is 15.7 Å². The summed E-state index contributed by atoms with van der Waals surface area (Å²) in [4.78, 5) is 27.6. The molecule has 1 aliphatic rings. The van der Waals surface area contributed by atoms with Gasteiger partial charge in [-0.25, -0.2) is 12.8 Å². The van der Waals surface area contributed by atoms with Crippen molar-refractivity contribution in [1.82, 2.24) is 4.90 Å². The Morgan fingerprint density at radius 3 is 2.21 bits per heavy atom. The Hall–Kier alpha value is -2.74. The van der Waals surface area contributed by atoms with Crippen LogP contribution in [0.15, 0.2) is 47.4 Å². The minimum Gasteiger partial charge on any atom is -0.366 e. The number of hydrogen-bond donors (Lipinski definition) is 0. The first-order valence-electron chi connectivity index (χ1n) is 8.81. The lowest BCUT2D eigenvalue weighted by atomic mass is 10.1. The molecular formula is C20H21FN2O4S. The minimum atomic E-state index is -3.39. The van der Waals surface area contributed by atoms with E-state index in [0.29, 0.717) is 43.0 Å². The number of sulfone groups is 1. The monoisotopic (exact) mass is 404 g/mol. The molecule has 2 aromatic rings. The molecular weight excluding hydrogens is 383 g/mol. The first-order chi connectivity index (χ1) is 13.2. The predicted octanol–water partition coefficient (Wildman–Crippen LogP) is 2.39. The molecule has 0 spiro atoms. The van der Waals surface area contributed by atoms with Crippen molar-refractivity contribution in [3.8, 4) is 0 Å². The molecule has 0 atom stereocenters. The second-order valence-electron chi connectivity index (χ2n) is 6.80. The van der Waals surface area contributed by atoms with Gasteiger partial charge in [-0.15, -0.1) is 0 Å². The summed E-state index contributed by atoms with van der Waals surface area (Å²) in [6.07, 6.45) is 1.10. The number of benzene rings is 2. The molecule has 0 saturated carbocycles. The van der Waals surface area contributed by atoms with Crippen LogP contribution in [-0.2, 0) is 9.84 Å². The van der Waals surface area contributed by atoms with Crippen LogP contribution >= 0.6 is 0 Å². The highest BCUT2D eigenvalue weighted by Gasteiger charge is 2.24. The van der Waals surface area contributed by atoms with Gasteiger partial charge in [0.05, 0.1) is 10.6 Å². The molecule has 1 aliphatic heterocycles. The lowest BCUT2D eigenvalue weighted by Gasteiger charge is -2.36. The van der Waals surface area contributed by atoms with Gasteiger partial charge >= 0.3 is 0 Å². The Bertz CT molecular complexity index is 1030. The second kappa shape index (κ2) is 7.71.